The van der Waals surface area contributed by atoms with Crippen molar-refractivity contribution >= 4 is 17.1 Å². The Kier molecular flexibility index (Phi) is 5.78. The van der Waals surface area contributed by atoms with Gasteiger partial charge in [0.05, 0.1) is 0 Å². The summed E-state index contributed by atoms with van der Waals surface area (Å²) in [6.45, 7) is 4.25. The van der Waals surface area contributed by atoms with Crippen LogP contribution in [0.1, 0.15) is 11.1 Å². The summed E-state index contributed by atoms with van der Waals surface area (Å²) in [5, 5.41) is 0. The van der Waals surface area contributed by atoms with E-state index in [9.17, 15) is 0 Å². The van der Waals surface area contributed by atoms with E-state index >= 15 is 0 Å². The summed E-state index contributed by atoms with van der Waals surface area (Å²) in [7, 11) is 0. The third-order valence-corrected chi connectivity index (χ3v) is 6.04. The Labute approximate surface area is 196 Å². The average molecular weight is 426 g/mol. The summed E-state index contributed by atoms with van der Waals surface area (Å²) < 4.78 is 0. The van der Waals surface area contributed by atoms with Crippen LogP contribution in [0.2, 0.25) is 0 Å². The number of anilines is 3. The van der Waals surface area contributed by atoms with Crippen molar-refractivity contribution in [3.63, 3.8) is 0 Å². The van der Waals surface area contributed by atoms with Crippen LogP contribution in [-0.2, 0) is 0 Å². The molecule has 0 heterocycles. The van der Waals surface area contributed by atoms with Crippen LogP contribution >= 0.6 is 0 Å². The zero-order valence-corrected chi connectivity index (χ0v) is 19.1. The molecule has 0 aromatic heterocycles. The lowest BCUT2D eigenvalue weighted by Crippen LogP contribution is -2.09. The minimum Gasteiger partial charge on any atom is -0.311 e. The van der Waals surface area contributed by atoms with E-state index < -0.39 is 0 Å². The lowest BCUT2D eigenvalue weighted by molar-refractivity contribution is 1.27. The Balaban J connectivity index is 1.47. The zero-order valence-electron chi connectivity index (χ0n) is 19.1. The molecule has 0 saturated carbocycles. The van der Waals surface area contributed by atoms with Crippen molar-refractivity contribution in [1.82, 2.24) is 0 Å². The van der Waals surface area contributed by atoms with Crippen molar-refractivity contribution in [2.45, 2.75) is 13.8 Å². The SMILES string of the molecule is Cc1ccc(N(c2ccc(C)cc2)c2ccc(-c3ccc(-c4ccccc4)cc3)cc2)cc1. The minimum absolute atomic E-state index is 1.15. The fraction of sp³-hybridized carbons (Fsp3) is 0.0625. The molecule has 0 aliphatic heterocycles. The molecule has 0 bridgehead atoms. The fourth-order valence-electron chi connectivity index (χ4n) is 4.12. The van der Waals surface area contributed by atoms with Gasteiger partial charge in [0.15, 0.2) is 0 Å². The molecule has 0 aliphatic carbocycles. The highest BCUT2D eigenvalue weighted by Crippen LogP contribution is 2.36. The Bertz CT molecular complexity index is 1270. The quantitative estimate of drug-likeness (QED) is 0.271. The van der Waals surface area contributed by atoms with Crippen LogP contribution in [0.5, 0.6) is 0 Å². The second kappa shape index (κ2) is 9.18. The van der Waals surface area contributed by atoms with Crippen LogP contribution in [0.3, 0.4) is 0 Å². The fourth-order valence-corrected chi connectivity index (χ4v) is 4.12. The first kappa shape index (κ1) is 20.8. The molecule has 0 fully saturated rings. The van der Waals surface area contributed by atoms with Crippen LogP contribution in [0.15, 0.2) is 127 Å². The maximum atomic E-state index is 2.31. The predicted molar refractivity (Wildman–Crippen MR) is 141 cm³/mol. The molecule has 0 unspecified atom stereocenters. The highest BCUT2D eigenvalue weighted by Gasteiger charge is 2.12. The van der Waals surface area contributed by atoms with Crippen LogP contribution in [-0.4, -0.2) is 0 Å². The van der Waals surface area contributed by atoms with Gasteiger partial charge in [0.25, 0.3) is 0 Å². The third kappa shape index (κ3) is 4.58. The van der Waals surface area contributed by atoms with Gasteiger partial charge in [0.1, 0.15) is 0 Å². The van der Waals surface area contributed by atoms with Gasteiger partial charge in [-0.2, -0.15) is 0 Å². The van der Waals surface area contributed by atoms with E-state index in [0.29, 0.717) is 0 Å². The van der Waals surface area contributed by atoms with Crippen molar-refractivity contribution in [3.05, 3.63) is 139 Å². The van der Waals surface area contributed by atoms with Gasteiger partial charge in [0.2, 0.25) is 0 Å². The third-order valence-electron chi connectivity index (χ3n) is 6.04. The van der Waals surface area contributed by atoms with Gasteiger partial charge in [-0.1, -0.05) is 102 Å². The molecule has 0 amide bonds. The van der Waals surface area contributed by atoms with E-state index in [-0.39, 0.29) is 0 Å². The van der Waals surface area contributed by atoms with E-state index in [4.69, 9.17) is 0 Å². The molecule has 0 aliphatic rings. The number of nitrogens with zero attached hydrogens (tertiary/aromatic N) is 1. The second-order valence-electron chi connectivity index (χ2n) is 8.50. The molecular formula is C32H27N. The van der Waals surface area contributed by atoms with Gasteiger partial charge in [-0.3, -0.25) is 0 Å². The molecule has 0 atom stereocenters. The standard InChI is InChI=1S/C32H27N/c1-24-8-18-30(19-9-24)33(31-20-10-25(2)11-21-31)32-22-16-29(17-23-32)28-14-12-27(13-15-28)26-6-4-3-5-7-26/h3-23H,1-2H3. The number of hydrogen-bond acceptors (Lipinski definition) is 1. The first-order valence-corrected chi connectivity index (χ1v) is 11.4. The lowest BCUT2D eigenvalue weighted by Gasteiger charge is -2.26. The van der Waals surface area contributed by atoms with E-state index in [1.165, 1.54) is 33.4 Å². The molecule has 0 saturated heterocycles. The van der Waals surface area contributed by atoms with Crippen molar-refractivity contribution in [1.29, 1.82) is 0 Å². The molecule has 1 heteroatoms. The van der Waals surface area contributed by atoms with Gasteiger partial charge in [-0.25, -0.2) is 0 Å². The Morgan fingerprint density at radius 3 is 1.03 bits per heavy atom. The number of aryl methyl sites for hydroxylation is 2. The highest BCUT2D eigenvalue weighted by atomic mass is 15.1. The summed E-state index contributed by atoms with van der Waals surface area (Å²) in [6, 6.07) is 45.6. The molecule has 0 N–H and O–H groups in total. The first-order valence-electron chi connectivity index (χ1n) is 11.4. The van der Waals surface area contributed by atoms with E-state index in [1.54, 1.807) is 0 Å². The Hall–Kier alpha value is -4.10. The largest absolute Gasteiger partial charge is 0.311 e. The van der Waals surface area contributed by atoms with Gasteiger partial charge < -0.3 is 4.90 Å². The molecule has 160 valence electrons. The summed E-state index contributed by atoms with van der Waals surface area (Å²) >= 11 is 0. The molecular weight excluding hydrogens is 398 g/mol. The van der Waals surface area contributed by atoms with Gasteiger partial charge in [-0.05, 0) is 72.5 Å². The van der Waals surface area contributed by atoms with E-state index in [0.717, 1.165) is 17.1 Å². The first-order chi connectivity index (χ1) is 16.2. The van der Waals surface area contributed by atoms with Crippen molar-refractivity contribution in [2.75, 3.05) is 4.90 Å². The molecule has 5 aromatic rings. The predicted octanol–water partition coefficient (Wildman–Crippen LogP) is 9.11. The molecule has 5 aromatic carbocycles. The Morgan fingerprint density at radius 2 is 0.636 bits per heavy atom. The second-order valence-corrected chi connectivity index (χ2v) is 8.50. The molecule has 33 heavy (non-hydrogen) atoms. The molecule has 0 radical (unpaired) electrons. The van der Waals surface area contributed by atoms with Crippen molar-refractivity contribution in [3.8, 4) is 22.3 Å². The smallest absolute Gasteiger partial charge is 0.0462 e. The highest BCUT2D eigenvalue weighted by molar-refractivity contribution is 5.79. The average Bonchev–Trinajstić information content (AvgIpc) is 2.88. The number of rotatable bonds is 5. The van der Waals surface area contributed by atoms with Crippen molar-refractivity contribution < 1.29 is 0 Å². The van der Waals surface area contributed by atoms with E-state index in [1.807, 2.05) is 0 Å². The summed E-state index contributed by atoms with van der Waals surface area (Å²) in [5.74, 6) is 0. The van der Waals surface area contributed by atoms with Crippen LogP contribution in [0.25, 0.3) is 22.3 Å². The zero-order chi connectivity index (χ0) is 22.6. The maximum absolute atomic E-state index is 2.31. The maximum Gasteiger partial charge on any atom is 0.0462 e. The van der Waals surface area contributed by atoms with Gasteiger partial charge >= 0.3 is 0 Å². The molecule has 1 nitrogen and oxygen atoms in total. The molecule has 5 rings (SSSR count). The van der Waals surface area contributed by atoms with Gasteiger partial charge in [-0.15, -0.1) is 0 Å². The minimum atomic E-state index is 1.15. The van der Waals surface area contributed by atoms with E-state index in [2.05, 4.69) is 146 Å². The summed E-state index contributed by atoms with van der Waals surface area (Å²) in [5.41, 5.74) is 10.9. The van der Waals surface area contributed by atoms with Crippen LogP contribution < -0.4 is 4.90 Å². The lowest BCUT2D eigenvalue weighted by atomic mass is 10.00. The monoisotopic (exact) mass is 425 g/mol. The normalized spacial score (nSPS) is 10.7. The Morgan fingerprint density at radius 1 is 0.333 bits per heavy atom. The number of hydrogen-bond donors (Lipinski definition) is 0. The van der Waals surface area contributed by atoms with Crippen LogP contribution in [0, 0.1) is 13.8 Å². The number of benzene rings is 5. The summed E-state index contributed by atoms with van der Waals surface area (Å²) in [4.78, 5) is 2.31. The van der Waals surface area contributed by atoms with Gasteiger partial charge in [0, 0.05) is 17.1 Å². The van der Waals surface area contributed by atoms with Crippen molar-refractivity contribution in [2.24, 2.45) is 0 Å². The van der Waals surface area contributed by atoms with Crippen LogP contribution in [0.4, 0.5) is 17.1 Å². The topological polar surface area (TPSA) is 3.24 Å². The summed E-state index contributed by atoms with van der Waals surface area (Å²) in [6.07, 6.45) is 0. The molecule has 0 spiro atoms.